The van der Waals surface area contributed by atoms with Crippen LogP contribution in [0.15, 0.2) is 16.3 Å². The summed E-state index contributed by atoms with van der Waals surface area (Å²) in [5.74, 6) is -0.296. The fraction of sp³-hybridized carbons (Fsp3) is 0.143. The van der Waals surface area contributed by atoms with Crippen molar-refractivity contribution in [3.05, 3.63) is 11.8 Å². The minimum Gasteiger partial charge on any atom is -0.476 e. The van der Waals surface area contributed by atoms with Gasteiger partial charge in [-0.15, -0.1) is 10.2 Å². The van der Waals surface area contributed by atoms with Gasteiger partial charge in [0.05, 0.1) is 0 Å². The van der Waals surface area contributed by atoms with Crippen LogP contribution in [-0.2, 0) is 7.05 Å². The Balaban J connectivity index is 2.18. The molecule has 0 aromatic carbocycles. The molecule has 1 aliphatic heterocycles. The number of aromatic nitrogens is 2. The van der Waals surface area contributed by atoms with E-state index in [-0.39, 0.29) is 5.69 Å². The summed E-state index contributed by atoms with van der Waals surface area (Å²) in [7, 11) is 1.62. The van der Waals surface area contributed by atoms with E-state index in [1.165, 1.54) is 17.1 Å². The molecule has 2 N–H and O–H groups in total. The lowest BCUT2D eigenvalue weighted by Crippen LogP contribution is -2.21. The first-order valence-electron chi connectivity index (χ1n) is 4.01. The van der Waals surface area contributed by atoms with Crippen LogP contribution in [0.2, 0.25) is 0 Å². The lowest BCUT2D eigenvalue weighted by atomic mass is 10.4. The maximum atomic E-state index is 10.6. The lowest BCUT2D eigenvalue weighted by molar-refractivity contribution is 0.0689. The number of aryl methyl sites for hydroxylation is 1. The number of guanidine groups is 1. The second-order valence-corrected chi connectivity index (χ2v) is 2.75. The van der Waals surface area contributed by atoms with Crippen molar-refractivity contribution in [1.82, 2.24) is 15.1 Å². The summed E-state index contributed by atoms with van der Waals surface area (Å²) in [5.41, 5.74) is -0.0421. The van der Waals surface area contributed by atoms with Crippen molar-refractivity contribution in [2.24, 2.45) is 17.3 Å². The van der Waals surface area contributed by atoms with E-state index in [4.69, 9.17) is 5.11 Å². The second-order valence-electron chi connectivity index (χ2n) is 2.75. The Hall–Kier alpha value is -2.38. The van der Waals surface area contributed by atoms with Gasteiger partial charge in [-0.2, -0.15) is 10.4 Å². The van der Waals surface area contributed by atoms with Crippen molar-refractivity contribution in [2.75, 3.05) is 5.32 Å². The normalized spacial score (nSPS) is 13.5. The lowest BCUT2D eigenvalue weighted by Gasteiger charge is -2.02. The molecule has 1 aromatic rings. The first-order valence-corrected chi connectivity index (χ1v) is 4.01. The van der Waals surface area contributed by atoms with Gasteiger partial charge in [0.15, 0.2) is 5.69 Å². The highest BCUT2D eigenvalue weighted by atomic mass is 16.4. The van der Waals surface area contributed by atoms with Crippen LogP contribution in [0.3, 0.4) is 0 Å². The number of hydrogen-bond acceptors (Lipinski definition) is 5. The number of aromatic carboxylic acids is 1. The second kappa shape index (κ2) is 3.40. The number of hydrogen-bond donors (Lipinski definition) is 2. The molecule has 1 radical (unpaired) electrons. The Bertz CT molecular complexity index is 460. The van der Waals surface area contributed by atoms with E-state index in [0.717, 1.165) is 0 Å². The van der Waals surface area contributed by atoms with Crippen LogP contribution >= 0.6 is 0 Å². The van der Waals surface area contributed by atoms with E-state index in [0.29, 0.717) is 11.8 Å². The molecule has 0 unspecified atom stereocenters. The molecule has 0 saturated heterocycles. The molecular weight excluding hydrogens is 200 g/mol. The Labute approximate surface area is 84.3 Å². The molecule has 2 heterocycles. The predicted molar refractivity (Wildman–Crippen MR) is 51.9 cm³/mol. The molecule has 0 bridgehead atoms. The summed E-state index contributed by atoms with van der Waals surface area (Å²) in [6.45, 7) is 0. The number of rotatable bonds is 2. The van der Waals surface area contributed by atoms with Crippen molar-refractivity contribution >= 4 is 24.1 Å². The Morgan fingerprint density at radius 3 is 2.93 bits per heavy atom. The third kappa shape index (κ3) is 1.77. The van der Waals surface area contributed by atoms with Gasteiger partial charge in [0.25, 0.3) is 0 Å². The van der Waals surface area contributed by atoms with Gasteiger partial charge < -0.3 is 10.4 Å². The van der Waals surface area contributed by atoms with Crippen molar-refractivity contribution in [1.29, 1.82) is 0 Å². The van der Waals surface area contributed by atoms with Crippen molar-refractivity contribution in [3.8, 4) is 0 Å². The summed E-state index contributed by atoms with van der Waals surface area (Å²) < 4.78 is 1.39. The summed E-state index contributed by atoms with van der Waals surface area (Å²) in [5, 5.41) is 26.2. The van der Waals surface area contributed by atoms with Crippen molar-refractivity contribution < 1.29 is 9.90 Å². The first kappa shape index (κ1) is 9.19. The third-order valence-electron chi connectivity index (χ3n) is 1.72. The maximum Gasteiger partial charge on any atom is 0.356 e. The Morgan fingerprint density at radius 2 is 2.40 bits per heavy atom. The minimum absolute atomic E-state index is 0.0421. The largest absolute Gasteiger partial charge is 0.476 e. The Kier molecular flexibility index (Phi) is 2.08. The zero-order chi connectivity index (χ0) is 10.8. The summed E-state index contributed by atoms with van der Waals surface area (Å²) in [4.78, 5) is 10.6. The van der Waals surface area contributed by atoms with Crippen LogP contribution in [0.1, 0.15) is 10.5 Å². The van der Waals surface area contributed by atoms with E-state index in [1.807, 2.05) is 0 Å². The number of carboxylic acid groups (broad SMARTS) is 1. The Morgan fingerprint density at radius 1 is 1.60 bits per heavy atom. The molecule has 0 fully saturated rings. The van der Waals surface area contributed by atoms with Crippen LogP contribution in [0.25, 0.3) is 0 Å². The quantitative estimate of drug-likeness (QED) is 0.678. The van der Waals surface area contributed by atoms with Crippen LogP contribution in [0.5, 0.6) is 0 Å². The highest BCUT2D eigenvalue weighted by Crippen LogP contribution is 2.09. The monoisotopic (exact) mass is 207 g/mol. The zero-order valence-corrected chi connectivity index (χ0v) is 7.75. The first-order chi connectivity index (χ1) is 7.16. The molecule has 1 aliphatic rings. The molecule has 0 aliphatic carbocycles. The summed E-state index contributed by atoms with van der Waals surface area (Å²) in [6, 6.07) is 1.39. The van der Waals surface area contributed by atoms with Gasteiger partial charge >= 0.3 is 5.97 Å². The van der Waals surface area contributed by atoms with Crippen molar-refractivity contribution in [3.63, 3.8) is 0 Å². The fourth-order valence-corrected chi connectivity index (χ4v) is 1.05. The molecule has 8 nitrogen and oxygen atoms in total. The maximum absolute atomic E-state index is 10.6. The molecule has 0 saturated carbocycles. The minimum atomic E-state index is -1.08. The third-order valence-corrected chi connectivity index (χ3v) is 1.72. The number of anilines is 1. The molecule has 1 aromatic heterocycles. The number of nitrogens with zero attached hydrogens (tertiary/aromatic N) is 5. The molecule has 0 amide bonds. The summed E-state index contributed by atoms with van der Waals surface area (Å²) in [6.07, 6.45) is 1.29. The molecule has 15 heavy (non-hydrogen) atoms. The van der Waals surface area contributed by atoms with Crippen LogP contribution in [-0.4, -0.2) is 33.2 Å². The highest BCUT2D eigenvalue weighted by molar-refractivity contribution is 6.01. The van der Waals surface area contributed by atoms with E-state index >= 15 is 0 Å². The van der Waals surface area contributed by atoms with Gasteiger partial charge in [-0.05, 0) is 0 Å². The van der Waals surface area contributed by atoms with Gasteiger partial charge in [0.1, 0.15) is 12.2 Å². The SMILES string of the molecule is Cn1nc(C(=O)O)cc1NC1=NN=C[N]1. The molecule has 0 spiro atoms. The van der Waals surface area contributed by atoms with E-state index in [9.17, 15) is 4.79 Å². The average Bonchev–Trinajstić information content (AvgIpc) is 2.77. The van der Waals surface area contributed by atoms with Crippen LogP contribution < -0.4 is 10.6 Å². The van der Waals surface area contributed by atoms with Crippen LogP contribution in [0.4, 0.5) is 5.82 Å². The van der Waals surface area contributed by atoms with Gasteiger partial charge in [0, 0.05) is 13.1 Å². The number of carbonyl (C=O) groups is 1. The van der Waals surface area contributed by atoms with Gasteiger partial charge in [-0.3, -0.25) is 4.68 Å². The number of carboxylic acids is 1. The van der Waals surface area contributed by atoms with E-state index < -0.39 is 5.97 Å². The van der Waals surface area contributed by atoms with E-state index in [1.54, 1.807) is 7.05 Å². The molecule has 2 rings (SSSR count). The van der Waals surface area contributed by atoms with Crippen molar-refractivity contribution in [2.45, 2.75) is 0 Å². The molecule has 77 valence electrons. The van der Waals surface area contributed by atoms with E-state index in [2.05, 4.69) is 25.9 Å². The molecule has 8 heteroatoms. The van der Waals surface area contributed by atoms with Crippen LogP contribution in [0, 0.1) is 0 Å². The topological polar surface area (TPSA) is 106 Å². The fourth-order valence-electron chi connectivity index (χ4n) is 1.05. The number of nitrogens with one attached hydrogen (secondary N) is 1. The smallest absolute Gasteiger partial charge is 0.356 e. The predicted octanol–water partition coefficient (Wildman–Crippen LogP) is -0.552. The van der Waals surface area contributed by atoms with Gasteiger partial charge in [0.2, 0.25) is 5.96 Å². The molecule has 0 atom stereocenters. The van der Waals surface area contributed by atoms with Gasteiger partial charge in [-0.1, -0.05) is 0 Å². The van der Waals surface area contributed by atoms with Gasteiger partial charge in [-0.25, -0.2) is 4.79 Å². The standard InChI is InChI=1S/C7H7N6O2/c1-13-5(2-4(12-13)6(14)15)10-7-8-3-9-11-7/h2-3H,1H3,(H,10,11)(H,14,15). The average molecular weight is 207 g/mol. The highest BCUT2D eigenvalue weighted by Gasteiger charge is 2.13. The molecular formula is C7H7N6O2. The summed E-state index contributed by atoms with van der Waals surface area (Å²) >= 11 is 0. The zero-order valence-electron chi connectivity index (χ0n) is 7.75.